The largest absolute Gasteiger partial charge is 0.292 e. The number of benzene rings is 1. The van der Waals surface area contributed by atoms with Crippen LogP contribution in [0.4, 0.5) is 5.95 Å². The van der Waals surface area contributed by atoms with Crippen molar-refractivity contribution in [3.63, 3.8) is 0 Å². The van der Waals surface area contributed by atoms with Crippen molar-refractivity contribution in [1.29, 1.82) is 0 Å². The Morgan fingerprint density at radius 1 is 1.24 bits per heavy atom. The van der Waals surface area contributed by atoms with Crippen molar-refractivity contribution in [2.24, 2.45) is 5.84 Å². The highest BCUT2D eigenvalue weighted by atomic mass is 35.5. The van der Waals surface area contributed by atoms with E-state index in [1.807, 2.05) is 24.3 Å². The van der Waals surface area contributed by atoms with E-state index in [2.05, 4.69) is 25.4 Å². The number of aromatic nitrogens is 5. The Morgan fingerprint density at radius 2 is 2.14 bits per heavy atom. The molecule has 9 heteroatoms. The minimum atomic E-state index is 0.276. The fourth-order valence-electron chi connectivity index (χ4n) is 1.58. The second kappa shape index (κ2) is 6.08. The summed E-state index contributed by atoms with van der Waals surface area (Å²) in [6, 6.07) is 7.43. The summed E-state index contributed by atoms with van der Waals surface area (Å²) in [5.41, 5.74) is 2.43. The second-order valence-electron chi connectivity index (χ2n) is 3.92. The molecule has 0 saturated heterocycles. The summed E-state index contributed by atoms with van der Waals surface area (Å²) in [6.07, 6.45) is 4.98. The van der Waals surface area contributed by atoms with E-state index >= 15 is 0 Å². The lowest BCUT2D eigenvalue weighted by molar-refractivity contribution is 0.824. The zero-order valence-corrected chi connectivity index (χ0v) is 12.2. The predicted molar refractivity (Wildman–Crippen MR) is 80.3 cm³/mol. The molecule has 0 bridgehead atoms. The van der Waals surface area contributed by atoms with Crippen molar-refractivity contribution in [3.8, 4) is 5.95 Å². The van der Waals surface area contributed by atoms with E-state index in [4.69, 9.17) is 17.4 Å². The molecular weight excluding hydrogens is 310 g/mol. The van der Waals surface area contributed by atoms with Gasteiger partial charge in [0.05, 0.1) is 0 Å². The van der Waals surface area contributed by atoms with Crippen LogP contribution in [0.1, 0.15) is 0 Å². The van der Waals surface area contributed by atoms with E-state index in [-0.39, 0.29) is 5.95 Å². The third kappa shape index (κ3) is 3.30. The third-order valence-corrected chi connectivity index (χ3v) is 3.56. The number of nitrogen functional groups attached to an aromatic ring is 1. The van der Waals surface area contributed by atoms with E-state index in [1.54, 1.807) is 23.3 Å². The Bertz CT molecular complexity index is 747. The molecule has 0 unspecified atom stereocenters. The van der Waals surface area contributed by atoms with Crippen LogP contribution < -0.4 is 11.3 Å². The van der Waals surface area contributed by atoms with Crippen LogP contribution in [-0.4, -0.2) is 24.5 Å². The smallest absolute Gasteiger partial charge is 0.242 e. The number of nitrogens with two attached hydrogens (primary N) is 1. The first kappa shape index (κ1) is 13.8. The summed E-state index contributed by atoms with van der Waals surface area (Å²) in [4.78, 5) is 17.7. The van der Waals surface area contributed by atoms with Gasteiger partial charge < -0.3 is 0 Å². The van der Waals surface area contributed by atoms with Crippen LogP contribution in [0, 0.1) is 0 Å². The molecule has 7 nitrogen and oxygen atoms in total. The van der Waals surface area contributed by atoms with Crippen LogP contribution in [0.3, 0.4) is 0 Å². The van der Waals surface area contributed by atoms with Gasteiger partial charge in [0.25, 0.3) is 0 Å². The first-order chi connectivity index (χ1) is 10.2. The first-order valence-corrected chi connectivity index (χ1v) is 7.08. The van der Waals surface area contributed by atoms with Crippen LogP contribution >= 0.6 is 23.4 Å². The number of hydrogen-bond acceptors (Lipinski definition) is 7. The van der Waals surface area contributed by atoms with Gasteiger partial charge >= 0.3 is 0 Å². The highest BCUT2D eigenvalue weighted by Crippen LogP contribution is 2.27. The van der Waals surface area contributed by atoms with Crippen LogP contribution in [-0.2, 0) is 0 Å². The minimum Gasteiger partial charge on any atom is -0.292 e. The number of rotatable bonds is 4. The van der Waals surface area contributed by atoms with Gasteiger partial charge in [-0.1, -0.05) is 17.7 Å². The average Bonchev–Trinajstić information content (AvgIpc) is 3.01. The second-order valence-corrected chi connectivity index (χ2v) is 5.39. The molecular formula is C12H10ClN7S. The fourth-order valence-corrected chi connectivity index (χ4v) is 2.64. The maximum atomic E-state index is 5.97. The SMILES string of the molecule is NNc1nc(Sc2cccc(Cl)c2)nc(-n2ccnc2)n1. The molecule has 0 fully saturated rings. The molecule has 2 aromatic heterocycles. The number of nitrogens with one attached hydrogen (secondary N) is 1. The summed E-state index contributed by atoms with van der Waals surface area (Å²) in [5.74, 6) is 6.11. The monoisotopic (exact) mass is 319 g/mol. The van der Waals surface area contributed by atoms with Gasteiger partial charge in [0.15, 0.2) is 5.16 Å². The van der Waals surface area contributed by atoms with E-state index in [0.717, 1.165) is 4.90 Å². The summed E-state index contributed by atoms with van der Waals surface area (Å²) in [7, 11) is 0. The molecule has 0 amide bonds. The molecule has 0 aliphatic carbocycles. The van der Waals surface area contributed by atoms with Crippen molar-refractivity contribution in [3.05, 3.63) is 48.0 Å². The summed E-state index contributed by atoms with van der Waals surface area (Å²) in [6.45, 7) is 0. The number of hydrogen-bond donors (Lipinski definition) is 2. The predicted octanol–water partition coefficient (Wildman–Crippen LogP) is 2.15. The Balaban J connectivity index is 1.96. The van der Waals surface area contributed by atoms with Crippen molar-refractivity contribution >= 4 is 29.3 Å². The van der Waals surface area contributed by atoms with Gasteiger partial charge in [0, 0.05) is 22.3 Å². The molecule has 3 N–H and O–H groups in total. The van der Waals surface area contributed by atoms with Crippen molar-refractivity contribution in [2.75, 3.05) is 5.43 Å². The number of hydrazine groups is 1. The molecule has 0 radical (unpaired) electrons. The summed E-state index contributed by atoms with van der Waals surface area (Å²) in [5, 5.41) is 1.16. The molecule has 0 aliphatic rings. The van der Waals surface area contributed by atoms with Gasteiger partial charge in [-0.05, 0) is 30.0 Å². The Labute approximate surface area is 129 Å². The zero-order chi connectivity index (χ0) is 14.7. The van der Waals surface area contributed by atoms with E-state index in [1.165, 1.54) is 11.8 Å². The van der Waals surface area contributed by atoms with Crippen LogP contribution in [0.2, 0.25) is 5.02 Å². The Hall–Kier alpha value is -2.16. The zero-order valence-electron chi connectivity index (χ0n) is 10.6. The topological polar surface area (TPSA) is 94.5 Å². The lowest BCUT2D eigenvalue weighted by Gasteiger charge is -2.06. The molecule has 0 spiro atoms. The van der Waals surface area contributed by atoms with Crippen LogP contribution in [0.15, 0.2) is 53.0 Å². The Morgan fingerprint density at radius 3 is 2.86 bits per heavy atom. The number of anilines is 1. The molecule has 2 heterocycles. The third-order valence-electron chi connectivity index (χ3n) is 2.47. The van der Waals surface area contributed by atoms with Crippen LogP contribution in [0.5, 0.6) is 0 Å². The maximum Gasteiger partial charge on any atom is 0.242 e. The van der Waals surface area contributed by atoms with Crippen LogP contribution in [0.25, 0.3) is 5.95 Å². The number of halogens is 1. The molecule has 21 heavy (non-hydrogen) atoms. The van der Waals surface area contributed by atoms with Gasteiger partial charge in [0.2, 0.25) is 11.9 Å². The minimum absolute atomic E-state index is 0.276. The van der Waals surface area contributed by atoms with Crippen molar-refractivity contribution in [2.45, 2.75) is 10.1 Å². The molecule has 3 aromatic rings. The molecule has 0 saturated carbocycles. The normalized spacial score (nSPS) is 10.6. The standard InChI is InChI=1S/C12H10ClN7S/c13-8-2-1-3-9(6-8)21-12-17-10(19-14)16-11(18-12)20-5-4-15-7-20/h1-7H,14H2,(H,16,17,18,19). The molecule has 3 rings (SSSR count). The van der Waals surface area contributed by atoms with E-state index < -0.39 is 0 Å². The molecule has 0 atom stereocenters. The van der Waals surface area contributed by atoms with Gasteiger partial charge in [-0.25, -0.2) is 10.8 Å². The lowest BCUT2D eigenvalue weighted by Crippen LogP contribution is -2.13. The van der Waals surface area contributed by atoms with Gasteiger partial charge in [-0.3, -0.25) is 9.99 Å². The quantitative estimate of drug-likeness (QED) is 0.562. The number of nitrogens with zero attached hydrogens (tertiary/aromatic N) is 5. The van der Waals surface area contributed by atoms with Gasteiger partial charge in [-0.2, -0.15) is 15.0 Å². The maximum absolute atomic E-state index is 5.97. The highest BCUT2D eigenvalue weighted by Gasteiger charge is 2.09. The summed E-state index contributed by atoms with van der Waals surface area (Å²) < 4.78 is 1.67. The van der Waals surface area contributed by atoms with Crippen molar-refractivity contribution < 1.29 is 0 Å². The average molecular weight is 320 g/mol. The fraction of sp³-hybridized carbons (Fsp3) is 0. The van der Waals surface area contributed by atoms with E-state index in [0.29, 0.717) is 16.1 Å². The summed E-state index contributed by atoms with van der Waals surface area (Å²) >= 11 is 7.34. The van der Waals surface area contributed by atoms with Gasteiger partial charge in [-0.15, -0.1) is 0 Å². The van der Waals surface area contributed by atoms with Crippen molar-refractivity contribution in [1.82, 2.24) is 24.5 Å². The highest BCUT2D eigenvalue weighted by molar-refractivity contribution is 7.99. The Kier molecular flexibility index (Phi) is 4.00. The molecule has 1 aromatic carbocycles. The number of imidazole rings is 1. The molecule has 106 valence electrons. The first-order valence-electron chi connectivity index (χ1n) is 5.89. The van der Waals surface area contributed by atoms with E-state index in [9.17, 15) is 0 Å². The van der Waals surface area contributed by atoms with Gasteiger partial charge in [0.1, 0.15) is 6.33 Å². The lowest BCUT2D eigenvalue weighted by atomic mass is 10.4. The molecule has 0 aliphatic heterocycles.